The number of benzene rings is 1. The fourth-order valence-corrected chi connectivity index (χ4v) is 2.27. The molecule has 1 heterocycles. The third-order valence-electron chi connectivity index (χ3n) is 2.83. The van der Waals surface area contributed by atoms with Crippen LogP contribution in [0.2, 0.25) is 10.0 Å². The highest BCUT2D eigenvalue weighted by Crippen LogP contribution is 2.25. The number of hydrogen-bond donors (Lipinski definition) is 1. The summed E-state index contributed by atoms with van der Waals surface area (Å²) in [5, 5.41) is 4.70. The Balaban J connectivity index is 2.03. The molecule has 0 saturated carbocycles. The van der Waals surface area contributed by atoms with Crippen LogP contribution in [0.25, 0.3) is 0 Å². The van der Waals surface area contributed by atoms with Gasteiger partial charge in [0.25, 0.3) is 0 Å². The highest BCUT2D eigenvalue weighted by molar-refractivity contribution is 6.35. The third kappa shape index (κ3) is 3.08. The molecule has 96 valence electrons. The highest BCUT2D eigenvalue weighted by atomic mass is 35.5. The van der Waals surface area contributed by atoms with E-state index in [9.17, 15) is 0 Å². The van der Waals surface area contributed by atoms with Crippen LogP contribution < -0.4 is 5.32 Å². The Morgan fingerprint density at radius 3 is 2.39 bits per heavy atom. The van der Waals surface area contributed by atoms with E-state index in [1.165, 1.54) is 0 Å². The Hall–Kier alpha value is -0.960. The van der Waals surface area contributed by atoms with Gasteiger partial charge in [0.1, 0.15) is 11.5 Å². The van der Waals surface area contributed by atoms with Crippen molar-refractivity contribution in [2.24, 2.45) is 0 Å². The predicted molar refractivity (Wildman–Crippen MR) is 75.2 cm³/mol. The zero-order valence-corrected chi connectivity index (χ0v) is 11.8. The van der Waals surface area contributed by atoms with Crippen molar-refractivity contribution < 1.29 is 4.42 Å². The van der Waals surface area contributed by atoms with Gasteiger partial charge < -0.3 is 9.73 Å². The second kappa shape index (κ2) is 5.79. The van der Waals surface area contributed by atoms with Crippen molar-refractivity contribution in [2.45, 2.75) is 26.4 Å². The average molecular weight is 284 g/mol. The minimum Gasteiger partial charge on any atom is -0.465 e. The summed E-state index contributed by atoms with van der Waals surface area (Å²) in [5.41, 5.74) is 0.913. The number of aryl methyl sites for hydroxylation is 1. The monoisotopic (exact) mass is 283 g/mol. The molecule has 0 aliphatic carbocycles. The normalized spacial score (nSPS) is 12.7. The Morgan fingerprint density at radius 1 is 1.17 bits per heavy atom. The van der Waals surface area contributed by atoms with Crippen LogP contribution in [0.4, 0.5) is 0 Å². The minimum absolute atomic E-state index is 0.117. The molecule has 2 nitrogen and oxygen atoms in total. The van der Waals surface area contributed by atoms with Crippen LogP contribution in [0.15, 0.2) is 34.7 Å². The van der Waals surface area contributed by atoms with Gasteiger partial charge >= 0.3 is 0 Å². The maximum atomic E-state index is 6.12. The summed E-state index contributed by atoms with van der Waals surface area (Å²) >= 11 is 12.2. The first kappa shape index (κ1) is 13.5. The van der Waals surface area contributed by atoms with Crippen molar-refractivity contribution in [2.75, 3.05) is 0 Å². The third-order valence-corrected chi connectivity index (χ3v) is 3.54. The van der Waals surface area contributed by atoms with Crippen LogP contribution >= 0.6 is 23.2 Å². The van der Waals surface area contributed by atoms with Gasteiger partial charge in [-0.2, -0.15) is 0 Å². The van der Waals surface area contributed by atoms with Crippen molar-refractivity contribution >= 4 is 23.2 Å². The van der Waals surface area contributed by atoms with Gasteiger partial charge in [0.2, 0.25) is 0 Å². The molecule has 18 heavy (non-hydrogen) atoms. The molecule has 0 saturated heterocycles. The predicted octanol–water partition coefficient (Wildman–Crippen LogP) is 4.75. The molecule has 0 aliphatic rings. The minimum atomic E-state index is 0.117. The van der Waals surface area contributed by atoms with E-state index in [2.05, 4.69) is 5.32 Å². The van der Waals surface area contributed by atoms with E-state index in [1.54, 1.807) is 0 Å². The largest absolute Gasteiger partial charge is 0.465 e. The van der Waals surface area contributed by atoms with E-state index in [0.717, 1.165) is 17.1 Å². The lowest BCUT2D eigenvalue weighted by atomic mass is 10.2. The Labute approximate surface area is 117 Å². The lowest BCUT2D eigenvalue weighted by Crippen LogP contribution is -2.18. The molecule has 0 spiro atoms. The molecule has 0 bridgehead atoms. The quantitative estimate of drug-likeness (QED) is 0.876. The first-order valence-corrected chi connectivity index (χ1v) is 6.56. The van der Waals surface area contributed by atoms with Gasteiger partial charge in [0.05, 0.1) is 6.04 Å². The molecule has 0 radical (unpaired) electrons. The standard InChI is InChI=1S/C14H15Cl2NO/c1-9-6-7-14(18-9)10(2)17-8-11-12(15)4-3-5-13(11)16/h3-7,10,17H,8H2,1-2H3. The van der Waals surface area contributed by atoms with Crippen molar-refractivity contribution in [3.63, 3.8) is 0 Å². The first-order valence-electron chi connectivity index (χ1n) is 5.80. The van der Waals surface area contributed by atoms with E-state index >= 15 is 0 Å². The molecule has 0 fully saturated rings. The summed E-state index contributed by atoms with van der Waals surface area (Å²) in [6.07, 6.45) is 0. The second-order valence-electron chi connectivity index (χ2n) is 4.25. The zero-order chi connectivity index (χ0) is 13.1. The van der Waals surface area contributed by atoms with Crippen LogP contribution in [-0.4, -0.2) is 0 Å². The number of nitrogens with one attached hydrogen (secondary N) is 1. The van der Waals surface area contributed by atoms with E-state index in [0.29, 0.717) is 16.6 Å². The lowest BCUT2D eigenvalue weighted by Gasteiger charge is -2.13. The van der Waals surface area contributed by atoms with Crippen LogP contribution in [-0.2, 0) is 6.54 Å². The van der Waals surface area contributed by atoms with Crippen molar-refractivity contribution in [1.29, 1.82) is 0 Å². The van der Waals surface area contributed by atoms with E-state index < -0.39 is 0 Å². The Kier molecular flexibility index (Phi) is 4.33. The zero-order valence-electron chi connectivity index (χ0n) is 10.3. The van der Waals surface area contributed by atoms with Crippen molar-refractivity contribution in [1.82, 2.24) is 5.32 Å². The number of halogens is 2. The molecule has 0 aliphatic heterocycles. The van der Waals surface area contributed by atoms with E-state index in [-0.39, 0.29) is 6.04 Å². The summed E-state index contributed by atoms with van der Waals surface area (Å²) in [6, 6.07) is 9.56. The molecule has 1 unspecified atom stereocenters. The molecule has 1 aromatic heterocycles. The van der Waals surface area contributed by atoms with Gasteiger partial charge in [-0.05, 0) is 38.1 Å². The van der Waals surface area contributed by atoms with Gasteiger partial charge in [-0.25, -0.2) is 0 Å². The van der Waals surface area contributed by atoms with Crippen LogP contribution in [0.5, 0.6) is 0 Å². The second-order valence-corrected chi connectivity index (χ2v) is 5.07. The summed E-state index contributed by atoms with van der Waals surface area (Å²) in [7, 11) is 0. The Morgan fingerprint density at radius 2 is 1.83 bits per heavy atom. The molecule has 2 aromatic rings. The van der Waals surface area contributed by atoms with Gasteiger partial charge in [-0.1, -0.05) is 29.3 Å². The van der Waals surface area contributed by atoms with Gasteiger partial charge in [-0.15, -0.1) is 0 Å². The first-order chi connectivity index (χ1) is 8.58. The maximum Gasteiger partial charge on any atom is 0.120 e. The number of furan rings is 1. The van der Waals surface area contributed by atoms with Crippen LogP contribution in [0, 0.1) is 6.92 Å². The smallest absolute Gasteiger partial charge is 0.120 e. The molecule has 1 aromatic carbocycles. The summed E-state index contributed by atoms with van der Waals surface area (Å²) in [5.74, 6) is 1.82. The fraction of sp³-hybridized carbons (Fsp3) is 0.286. The van der Waals surface area contributed by atoms with E-state index in [4.69, 9.17) is 27.6 Å². The molecule has 2 rings (SSSR count). The summed E-state index contributed by atoms with van der Waals surface area (Å²) in [6.45, 7) is 4.59. The number of rotatable bonds is 4. The summed E-state index contributed by atoms with van der Waals surface area (Å²) < 4.78 is 5.57. The molecule has 4 heteroatoms. The SMILES string of the molecule is Cc1ccc(C(C)NCc2c(Cl)cccc2Cl)o1. The van der Waals surface area contributed by atoms with Crippen molar-refractivity contribution in [3.05, 3.63) is 57.5 Å². The molecule has 1 atom stereocenters. The number of hydrogen-bond acceptors (Lipinski definition) is 2. The molecule has 1 N–H and O–H groups in total. The van der Waals surface area contributed by atoms with E-state index in [1.807, 2.05) is 44.2 Å². The molecule has 0 amide bonds. The average Bonchev–Trinajstić information content (AvgIpc) is 2.75. The summed E-state index contributed by atoms with van der Waals surface area (Å²) in [4.78, 5) is 0. The molecular weight excluding hydrogens is 269 g/mol. The Bertz CT molecular complexity index is 516. The molecular formula is C14H15Cl2NO. The van der Waals surface area contributed by atoms with Gasteiger partial charge in [0.15, 0.2) is 0 Å². The topological polar surface area (TPSA) is 25.2 Å². The van der Waals surface area contributed by atoms with Crippen LogP contribution in [0.1, 0.15) is 30.0 Å². The van der Waals surface area contributed by atoms with Gasteiger partial charge in [0, 0.05) is 22.2 Å². The highest BCUT2D eigenvalue weighted by Gasteiger charge is 2.11. The van der Waals surface area contributed by atoms with Crippen molar-refractivity contribution in [3.8, 4) is 0 Å². The van der Waals surface area contributed by atoms with Gasteiger partial charge in [-0.3, -0.25) is 0 Å². The van der Waals surface area contributed by atoms with Crippen LogP contribution in [0.3, 0.4) is 0 Å². The maximum absolute atomic E-state index is 6.12. The lowest BCUT2D eigenvalue weighted by molar-refractivity contribution is 0.416. The fourth-order valence-electron chi connectivity index (χ4n) is 1.74.